The van der Waals surface area contributed by atoms with Crippen molar-refractivity contribution in [3.05, 3.63) is 33.8 Å². The van der Waals surface area contributed by atoms with Crippen molar-refractivity contribution in [2.24, 2.45) is 4.99 Å². The van der Waals surface area contributed by atoms with E-state index in [0.717, 1.165) is 32.8 Å². The number of nitrogens with zero attached hydrogens (tertiary/aromatic N) is 2. The van der Waals surface area contributed by atoms with Crippen molar-refractivity contribution < 1.29 is 23.4 Å². The third-order valence-corrected chi connectivity index (χ3v) is 4.81. The molecule has 0 aromatic carbocycles. The van der Waals surface area contributed by atoms with Crippen LogP contribution >= 0.6 is 0 Å². The Balaban J connectivity index is 1.34. The van der Waals surface area contributed by atoms with Crippen molar-refractivity contribution in [1.29, 1.82) is 0 Å². The van der Waals surface area contributed by atoms with Crippen LogP contribution < -0.4 is 10.7 Å². The molecule has 2 aromatic heterocycles. The average Bonchev–Trinajstić information content (AvgIpc) is 3.34. The first-order chi connectivity index (χ1) is 14.1. The van der Waals surface area contributed by atoms with E-state index in [0.29, 0.717) is 36.0 Å². The number of amidine groups is 1. The quantitative estimate of drug-likeness (QED) is 0.667. The Morgan fingerprint density at radius 2 is 2.24 bits per heavy atom. The number of carbonyl (C=O) groups is 1. The van der Waals surface area contributed by atoms with E-state index in [9.17, 15) is 9.59 Å². The lowest BCUT2D eigenvalue weighted by Crippen LogP contribution is -2.42. The Labute approximate surface area is 166 Å². The maximum absolute atomic E-state index is 12.5. The van der Waals surface area contributed by atoms with Crippen molar-refractivity contribution in [2.75, 3.05) is 46.0 Å². The number of fused-ring (bicyclic) bond motifs is 1. The number of ether oxygens (including phenoxy) is 3. The maximum Gasteiger partial charge on any atom is 0.343 e. The molecule has 29 heavy (non-hydrogen) atoms. The number of aromatic amines is 1. The molecule has 2 aliphatic rings. The third kappa shape index (κ3) is 4.43. The lowest BCUT2D eigenvalue weighted by atomic mass is 10.2. The number of H-pyrrole nitrogens is 1. The van der Waals surface area contributed by atoms with Gasteiger partial charge in [0.05, 0.1) is 38.3 Å². The molecule has 2 N–H and O–H groups in total. The molecule has 0 saturated carbocycles. The Bertz CT molecular complexity index is 959. The number of esters is 1. The lowest BCUT2D eigenvalue weighted by Gasteiger charge is -2.28. The van der Waals surface area contributed by atoms with Crippen LogP contribution in [0.2, 0.25) is 0 Å². The number of morpholine rings is 1. The van der Waals surface area contributed by atoms with E-state index in [1.165, 1.54) is 6.20 Å². The van der Waals surface area contributed by atoms with E-state index in [1.807, 2.05) is 0 Å². The zero-order chi connectivity index (χ0) is 20.2. The molecule has 1 atom stereocenters. The molecule has 0 aliphatic carbocycles. The van der Waals surface area contributed by atoms with Gasteiger partial charge in [0.15, 0.2) is 0 Å². The predicted octanol–water partition coefficient (Wildman–Crippen LogP) is 0.474. The standard InChI is InChI=1S/C19H24N4O6/c1-2-27-18(25)15-10-20-17-14(16(15)24)7-12(28-17)8-21-19-22-9-13(29-19)11-23-3-5-26-6-4-23/h7,10,13H,2-6,8-9,11H2,1H3,(H,20,24)(H,21,22). The van der Waals surface area contributed by atoms with Gasteiger partial charge in [-0.25, -0.2) is 9.79 Å². The van der Waals surface area contributed by atoms with Gasteiger partial charge in [0, 0.05) is 25.8 Å². The van der Waals surface area contributed by atoms with Gasteiger partial charge in [-0.1, -0.05) is 0 Å². The fraction of sp³-hybridized carbons (Fsp3) is 0.526. The smallest absolute Gasteiger partial charge is 0.343 e. The molecule has 0 spiro atoms. The van der Waals surface area contributed by atoms with Crippen LogP contribution in [0.3, 0.4) is 0 Å². The van der Waals surface area contributed by atoms with E-state index in [2.05, 4.69) is 20.2 Å². The summed E-state index contributed by atoms with van der Waals surface area (Å²) in [6.45, 7) is 6.92. The van der Waals surface area contributed by atoms with Gasteiger partial charge < -0.3 is 28.9 Å². The number of aliphatic imine (C=N–C) groups is 1. The first-order valence-corrected chi connectivity index (χ1v) is 9.70. The average molecular weight is 404 g/mol. The van der Waals surface area contributed by atoms with Crippen LogP contribution in [0, 0.1) is 0 Å². The zero-order valence-electron chi connectivity index (χ0n) is 16.2. The SMILES string of the molecule is CCOC(=O)c1c[nH]c2oc(CNC3=NCC(CN4CCOCC4)O3)cc2c1=O. The topological polar surface area (TPSA) is 118 Å². The Kier molecular flexibility index (Phi) is 5.81. The van der Waals surface area contributed by atoms with Gasteiger partial charge in [0.2, 0.25) is 11.1 Å². The van der Waals surface area contributed by atoms with E-state index in [1.54, 1.807) is 13.0 Å². The number of furan rings is 1. The molecule has 2 aromatic rings. The molecular formula is C19H24N4O6. The molecule has 0 bridgehead atoms. The fourth-order valence-corrected chi connectivity index (χ4v) is 3.36. The molecule has 4 rings (SSSR count). The molecule has 0 amide bonds. The Hall–Kier alpha value is -2.85. The maximum atomic E-state index is 12.5. The third-order valence-electron chi connectivity index (χ3n) is 4.81. The van der Waals surface area contributed by atoms with Gasteiger partial charge in [-0.15, -0.1) is 0 Å². The molecular weight excluding hydrogens is 380 g/mol. The number of hydrogen-bond donors (Lipinski definition) is 2. The summed E-state index contributed by atoms with van der Waals surface area (Å²) in [5, 5.41) is 3.38. The van der Waals surface area contributed by atoms with Crippen molar-refractivity contribution >= 4 is 23.1 Å². The van der Waals surface area contributed by atoms with Crippen molar-refractivity contribution in [3.8, 4) is 0 Å². The zero-order valence-corrected chi connectivity index (χ0v) is 16.2. The molecule has 2 aliphatic heterocycles. The van der Waals surface area contributed by atoms with Crippen LogP contribution in [0.25, 0.3) is 11.1 Å². The second kappa shape index (κ2) is 8.66. The summed E-state index contributed by atoms with van der Waals surface area (Å²) in [7, 11) is 0. The Morgan fingerprint density at radius 3 is 3.03 bits per heavy atom. The monoisotopic (exact) mass is 404 g/mol. The van der Waals surface area contributed by atoms with E-state index in [4.69, 9.17) is 18.6 Å². The van der Waals surface area contributed by atoms with Crippen LogP contribution in [0.5, 0.6) is 0 Å². The van der Waals surface area contributed by atoms with Crippen LogP contribution in [0.1, 0.15) is 23.0 Å². The van der Waals surface area contributed by atoms with Crippen LogP contribution in [0.15, 0.2) is 26.5 Å². The summed E-state index contributed by atoms with van der Waals surface area (Å²) in [5.41, 5.74) is -0.166. The van der Waals surface area contributed by atoms with E-state index < -0.39 is 11.4 Å². The number of carbonyl (C=O) groups excluding carboxylic acids is 1. The van der Waals surface area contributed by atoms with Gasteiger partial charge in [-0.05, 0) is 13.0 Å². The minimum absolute atomic E-state index is 0.0139. The number of nitrogens with one attached hydrogen (secondary N) is 2. The van der Waals surface area contributed by atoms with Crippen LogP contribution in [-0.4, -0.2) is 74.0 Å². The highest BCUT2D eigenvalue weighted by Crippen LogP contribution is 2.15. The molecule has 1 unspecified atom stereocenters. The summed E-state index contributed by atoms with van der Waals surface area (Å²) < 4.78 is 21.7. The number of hydrogen-bond acceptors (Lipinski definition) is 9. The van der Waals surface area contributed by atoms with Gasteiger partial charge in [0.1, 0.15) is 17.4 Å². The predicted molar refractivity (Wildman–Crippen MR) is 104 cm³/mol. The molecule has 1 fully saturated rings. The van der Waals surface area contributed by atoms with Gasteiger partial charge >= 0.3 is 5.97 Å². The molecule has 10 heteroatoms. The number of rotatable bonds is 6. The number of pyridine rings is 1. The van der Waals surface area contributed by atoms with Crippen LogP contribution in [-0.2, 0) is 20.8 Å². The van der Waals surface area contributed by atoms with Crippen LogP contribution in [0.4, 0.5) is 0 Å². The summed E-state index contributed by atoms with van der Waals surface area (Å²) >= 11 is 0. The molecule has 156 valence electrons. The minimum Gasteiger partial charge on any atom is -0.462 e. The van der Waals surface area contributed by atoms with Gasteiger partial charge in [-0.2, -0.15) is 0 Å². The molecule has 4 heterocycles. The summed E-state index contributed by atoms with van der Waals surface area (Å²) in [5.74, 6) is -0.131. The van der Waals surface area contributed by atoms with Crippen molar-refractivity contribution in [3.63, 3.8) is 0 Å². The Morgan fingerprint density at radius 1 is 1.41 bits per heavy atom. The molecule has 1 saturated heterocycles. The highest BCUT2D eigenvalue weighted by molar-refractivity contribution is 5.92. The van der Waals surface area contributed by atoms with E-state index >= 15 is 0 Å². The fourth-order valence-electron chi connectivity index (χ4n) is 3.36. The summed E-state index contributed by atoms with van der Waals surface area (Å²) in [6.07, 6.45) is 1.32. The van der Waals surface area contributed by atoms with Crippen molar-refractivity contribution in [1.82, 2.24) is 15.2 Å². The number of aromatic nitrogens is 1. The second-order valence-corrected chi connectivity index (χ2v) is 6.86. The minimum atomic E-state index is -0.656. The summed E-state index contributed by atoms with van der Waals surface area (Å²) in [6, 6.07) is 2.06. The second-order valence-electron chi connectivity index (χ2n) is 6.86. The van der Waals surface area contributed by atoms with E-state index in [-0.39, 0.29) is 18.3 Å². The molecule has 0 radical (unpaired) electrons. The largest absolute Gasteiger partial charge is 0.462 e. The highest BCUT2D eigenvalue weighted by atomic mass is 16.5. The van der Waals surface area contributed by atoms with Gasteiger partial charge in [0.25, 0.3) is 6.02 Å². The summed E-state index contributed by atoms with van der Waals surface area (Å²) in [4.78, 5) is 33.9. The normalized spacial score (nSPS) is 19.8. The highest BCUT2D eigenvalue weighted by Gasteiger charge is 2.24. The van der Waals surface area contributed by atoms with Gasteiger partial charge in [-0.3, -0.25) is 9.69 Å². The molecule has 10 nitrogen and oxygen atoms in total. The first kappa shape index (κ1) is 19.5. The lowest BCUT2D eigenvalue weighted by molar-refractivity contribution is 0.0210. The first-order valence-electron chi connectivity index (χ1n) is 9.70. The van der Waals surface area contributed by atoms with Crippen molar-refractivity contribution in [2.45, 2.75) is 19.6 Å².